The number of benzene rings is 1. The smallest absolute Gasteiger partial charge is 0.339 e. The number of likely N-dealkylation sites (tertiary alicyclic amines) is 1. The van der Waals surface area contributed by atoms with Crippen molar-refractivity contribution in [1.29, 1.82) is 0 Å². The van der Waals surface area contributed by atoms with Crippen molar-refractivity contribution in [2.45, 2.75) is 76.9 Å². The molecule has 4 aliphatic rings. The summed E-state index contributed by atoms with van der Waals surface area (Å²) in [6.45, 7) is 5.03. The van der Waals surface area contributed by atoms with Gasteiger partial charge >= 0.3 is 16.9 Å². The Hall–Kier alpha value is -4.15. The van der Waals surface area contributed by atoms with Crippen LogP contribution in [0, 0.1) is 16.0 Å². The van der Waals surface area contributed by atoms with Crippen LogP contribution < -0.4 is 20.7 Å². The van der Waals surface area contributed by atoms with Crippen LogP contribution in [0.25, 0.3) is 11.0 Å². The number of aryl methyl sites for hydroxylation is 2. The van der Waals surface area contributed by atoms with E-state index in [1.165, 1.54) is 10.6 Å². The fourth-order valence-corrected chi connectivity index (χ4v) is 7.34. The molecule has 1 aromatic carbocycles. The third kappa shape index (κ3) is 4.37. The molecule has 2 bridgehead atoms. The van der Waals surface area contributed by atoms with Crippen molar-refractivity contribution in [3.05, 3.63) is 71.5 Å². The molecule has 11 nitrogen and oxygen atoms in total. The number of carbonyl (C=O) groups excluding carboxylic acids is 1. The summed E-state index contributed by atoms with van der Waals surface area (Å²) >= 11 is 0. The molecule has 7 rings (SSSR count). The van der Waals surface area contributed by atoms with Crippen molar-refractivity contribution in [2.75, 3.05) is 19.7 Å². The first-order valence-corrected chi connectivity index (χ1v) is 14.7. The van der Waals surface area contributed by atoms with Gasteiger partial charge < -0.3 is 23.4 Å². The third-order valence-electron chi connectivity index (χ3n) is 9.37. The Morgan fingerprint density at radius 2 is 1.88 bits per heavy atom. The first-order valence-electron chi connectivity index (χ1n) is 14.7. The van der Waals surface area contributed by atoms with E-state index in [0.717, 1.165) is 54.3 Å². The molecule has 11 heteroatoms. The number of amides is 1. The standard InChI is InChI=1S/C31H33N3O8/c1-31(2)10-9-21-24(42-31)12-25(27-19-5-3-4-6-20(19)30(37)41-28(21)27)40-16-26(35)32-13-17-11-18(15-32)22-7-8-23(34(38)39)29(36)33(22)14-17/h7-8,12,17-18H,3-6,9-11,13-16H2,1-2H3/t17-,18-/m0/s1. The number of nitrogens with zero attached hydrogens (tertiary/aromatic N) is 3. The summed E-state index contributed by atoms with van der Waals surface area (Å²) in [5.74, 6) is 0.848. The SMILES string of the molecule is CC1(C)CCc2c(cc(OCC(=O)N3C[C@@H]4C[C@@H](C3)c3ccc([N+](=O)[O-])c(=O)n3C4)c3c4c(c(=O)oc23)CCCC4)O1. The summed E-state index contributed by atoms with van der Waals surface area (Å²) in [7, 11) is 0. The van der Waals surface area contributed by atoms with Crippen LogP contribution in [0.5, 0.6) is 11.5 Å². The van der Waals surface area contributed by atoms with E-state index >= 15 is 0 Å². The lowest BCUT2D eigenvalue weighted by atomic mass is 9.83. The molecule has 1 aliphatic carbocycles. The quantitative estimate of drug-likeness (QED) is 0.260. The predicted octanol–water partition coefficient (Wildman–Crippen LogP) is 3.87. The molecule has 42 heavy (non-hydrogen) atoms. The van der Waals surface area contributed by atoms with Crippen molar-refractivity contribution < 1.29 is 23.6 Å². The molecule has 0 radical (unpaired) electrons. The van der Waals surface area contributed by atoms with Gasteiger partial charge in [-0.05, 0) is 76.3 Å². The van der Waals surface area contributed by atoms with Crippen molar-refractivity contribution >= 4 is 22.6 Å². The predicted molar refractivity (Wildman–Crippen MR) is 152 cm³/mol. The monoisotopic (exact) mass is 575 g/mol. The summed E-state index contributed by atoms with van der Waals surface area (Å²) in [4.78, 5) is 51.6. The molecular weight excluding hydrogens is 542 g/mol. The van der Waals surface area contributed by atoms with Gasteiger partial charge in [0.2, 0.25) is 0 Å². The zero-order valence-corrected chi connectivity index (χ0v) is 23.8. The maximum atomic E-state index is 13.5. The first-order chi connectivity index (χ1) is 20.1. The van der Waals surface area contributed by atoms with Gasteiger partial charge in [-0.15, -0.1) is 0 Å². The number of hydrogen-bond donors (Lipinski definition) is 0. The molecule has 3 aliphatic heterocycles. The van der Waals surface area contributed by atoms with Crippen LogP contribution in [0.1, 0.15) is 67.8 Å². The van der Waals surface area contributed by atoms with Gasteiger partial charge in [-0.3, -0.25) is 19.7 Å². The Balaban J connectivity index is 1.18. The minimum absolute atomic E-state index is 0.0152. The molecule has 1 saturated heterocycles. The largest absolute Gasteiger partial charge is 0.487 e. The van der Waals surface area contributed by atoms with Crippen molar-refractivity contribution in [1.82, 2.24) is 9.47 Å². The number of nitro groups is 1. The molecular formula is C31H33N3O8. The van der Waals surface area contributed by atoms with Crippen LogP contribution in [0.2, 0.25) is 0 Å². The molecule has 0 saturated carbocycles. The molecule has 1 fully saturated rings. The second-order valence-electron chi connectivity index (χ2n) is 12.7. The van der Waals surface area contributed by atoms with Gasteiger partial charge in [0.05, 0.1) is 10.3 Å². The number of ether oxygens (including phenoxy) is 2. The lowest BCUT2D eigenvalue weighted by Gasteiger charge is -2.42. The van der Waals surface area contributed by atoms with Gasteiger partial charge in [0.15, 0.2) is 6.61 Å². The summed E-state index contributed by atoms with van der Waals surface area (Å²) in [6.07, 6.45) is 5.62. The van der Waals surface area contributed by atoms with Crippen LogP contribution in [-0.2, 0) is 30.6 Å². The second-order valence-corrected chi connectivity index (χ2v) is 12.7. The number of carbonyl (C=O) groups is 1. The Morgan fingerprint density at radius 1 is 1.10 bits per heavy atom. The van der Waals surface area contributed by atoms with Gasteiger partial charge in [0.25, 0.3) is 5.91 Å². The second kappa shape index (κ2) is 9.71. The first kappa shape index (κ1) is 26.7. The lowest BCUT2D eigenvalue weighted by molar-refractivity contribution is -0.386. The van der Waals surface area contributed by atoms with Gasteiger partial charge in [-0.1, -0.05) is 0 Å². The fourth-order valence-electron chi connectivity index (χ4n) is 7.34. The molecule has 0 spiro atoms. The average molecular weight is 576 g/mol. The fraction of sp³-hybridized carbons (Fsp3) is 0.516. The minimum atomic E-state index is -0.647. The van der Waals surface area contributed by atoms with E-state index in [0.29, 0.717) is 55.1 Å². The van der Waals surface area contributed by atoms with E-state index in [2.05, 4.69) is 0 Å². The molecule has 0 N–H and O–H groups in total. The zero-order chi connectivity index (χ0) is 29.3. The highest BCUT2D eigenvalue weighted by Crippen LogP contribution is 2.44. The molecule has 3 aromatic rings. The van der Waals surface area contributed by atoms with Crippen molar-refractivity contribution in [3.8, 4) is 11.5 Å². The van der Waals surface area contributed by atoms with E-state index in [9.17, 15) is 24.5 Å². The third-order valence-corrected chi connectivity index (χ3v) is 9.37. The van der Waals surface area contributed by atoms with E-state index in [4.69, 9.17) is 13.9 Å². The molecule has 1 amide bonds. The van der Waals surface area contributed by atoms with E-state index in [1.54, 1.807) is 11.0 Å². The molecule has 220 valence electrons. The number of pyridine rings is 1. The van der Waals surface area contributed by atoms with Crippen LogP contribution in [0.15, 0.2) is 32.2 Å². The zero-order valence-electron chi connectivity index (χ0n) is 23.8. The maximum Gasteiger partial charge on any atom is 0.339 e. The van der Waals surface area contributed by atoms with Gasteiger partial charge in [-0.2, -0.15) is 0 Å². The maximum absolute atomic E-state index is 13.5. The van der Waals surface area contributed by atoms with Gasteiger partial charge in [-0.25, -0.2) is 4.79 Å². The van der Waals surface area contributed by atoms with Gasteiger partial charge in [0, 0.05) is 54.5 Å². The van der Waals surface area contributed by atoms with Crippen LogP contribution in [-0.4, -0.2) is 45.6 Å². The minimum Gasteiger partial charge on any atom is -0.487 e. The van der Waals surface area contributed by atoms with E-state index in [1.807, 2.05) is 19.9 Å². The van der Waals surface area contributed by atoms with Crippen LogP contribution in [0.3, 0.4) is 0 Å². The number of aromatic nitrogens is 1. The Morgan fingerprint density at radius 3 is 2.67 bits per heavy atom. The van der Waals surface area contributed by atoms with Crippen LogP contribution in [0.4, 0.5) is 5.69 Å². The molecule has 0 unspecified atom stereocenters. The Bertz CT molecular complexity index is 1770. The molecule has 5 heterocycles. The summed E-state index contributed by atoms with van der Waals surface area (Å²) in [5.41, 5.74) is 2.03. The van der Waals surface area contributed by atoms with Crippen molar-refractivity contribution in [2.24, 2.45) is 5.92 Å². The normalized spacial score (nSPS) is 22.0. The van der Waals surface area contributed by atoms with Gasteiger partial charge in [0.1, 0.15) is 22.7 Å². The number of rotatable bonds is 4. The summed E-state index contributed by atoms with van der Waals surface area (Å²) in [6, 6.07) is 4.76. The summed E-state index contributed by atoms with van der Waals surface area (Å²) < 4.78 is 20.0. The number of piperidine rings is 1. The molecule has 2 atom stereocenters. The van der Waals surface area contributed by atoms with Crippen molar-refractivity contribution in [3.63, 3.8) is 0 Å². The number of hydrogen-bond acceptors (Lipinski definition) is 8. The highest BCUT2D eigenvalue weighted by Gasteiger charge is 2.38. The Kier molecular flexibility index (Phi) is 6.18. The van der Waals surface area contributed by atoms with E-state index < -0.39 is 16.2 Å². The lowest BCUT2D eigenvalue weighted by Crippen LogP contribution is -2.50. The highest BCUT2D eigenvalue weighted by molar-refractivity contribution is 5.93. The van der Waals surface area contributed by atoms with E-state index in [-0.39, 0.29) is 35.6 Å². The number of fused-ring (bicyclic) bond motifs is 9. The molecule has 2 aromatic heterocycles. The topological polar surface area (TPSA) is 134 Å². The Labute approximate surface area is 241 Å². The highest BCUT2D eigenvalue weighted by atomic mass is 16.6. The van der Waals surface area contributed by atoms with Crippen LogP contribution >= 0.6 is 0 Å². The summed E-state index contributed by atoms with van der Waals surface area (Å²) in [5, 5.41) is 12.0. The average Bonchev–Trinajstić information content (AvgIpc) is 2.95.